The van der Waals surface area contributed by atoms with Crippen molar-refractivity contribution in [1.29, 1.82) is 0 Å². The third kappa shape index (κ3) is 3.22. The maximum atomic E-state index is 12.5. The summed E-state index contributed by atoms with van der Waals surface area (Å²) in [7, 11) is 0. The van der Waals surface area contributed by atoms with Crippen molar-refractivity contribution in [3.8, 4) is 0 Å². The molecule has 3 rings (SSSR count). The molecule has 1 unspecified atom stereocenters. The van der Waals surface area contributed by atoms with Crippen LogP contribution in [0.15, 0.2) is 22.6 Å². The fourth-order valence-electron chi connectivity index (χ4n) is 2.49. The van der Waals surface area contributed by atoms with Gasteiger partial charge in [0.2, 0.25) is 5.91 Å². The molecule has 0 aliphatic carbocycles. The topological polar surface area (TPSA) is 67.2 Å². The predicted octanol–water partition coefficient (Wildman–Crippen LogP) is 2.93. The van der Waals surface area contributed by atoms with Gasteiger partial charge in [-0.15, -0.1) is 0 Å². The Morgan fingerprint density at radius 2 is 2.27 bits per heavy atom. The Balaban J connectivity index is 1.72. The molecule has 5 nitrogen and oxygen atoms in total. The monoisotopic (exact) mass is 313 g/mol. The molecule has 1 aliphatic heterocycles. The average molecular weight is 313 g/mol. The lowest BCUT2D eigenvalue weighted by Crippen LogP contribution is -2.27. The first-order valence-electron chi connectivity index (χ1n) is 6.93. The van der Waals surface area contributed by atoms with Gasteiger partial charge in [0.25, 0.3) is 0 Å². The van der Waals surface area contributed by atoms with Crippen LogP contribution in [0.5, 0.6) is 0 Å². The van der Waals surface area contributed by atoms with Gasteiger partial charge in [0.1, 0.15) is 5.52 Å². The fourth-order valence-corrected chi connectivity index (χ4v) is 2.49. The van der Waals surface area contributed by atoms with Gasteiger partial charge in [-0.3, -0.25) is 4.79 Å². The van der Waals surface area contributed by atoms with E-state index in [0.717, 1.165) is 19.4 Å². The summed E-state index contributed by atoms with van der Waals surface area (Å²) in [4.78, 5) is 15.3. The Bertz CT molecular complexity index is 690. The minimum Gasteiger partial charge on any atom is -0.433 e. The van der Waals surface area contributed by atoms with E-state index in [-0.39, 0.29) is 23.0 Å². The highest BCUT2D eigenvalue weighted by Gasteiger charge is 2.37. The van der Waals surface area contributed by atoms with Crippen LogP contribution in [-0.2, 0) is 11.0 Å². The molecule has 118 valence electrons. The molecule has 2 heterocycles. The van der Waals surface area contributed by atoms with Gasteiger partial charge in [-0.05, 0) is 37.6 Å². The lowest BCUT2D eigenvalue weighted by molar-refractivity contribution is -0.156. The van der Waals surface area contributed by atoms with Crippen molar-refractivity contribution in [2.24, 2.45) is 0 Å². The van der Waals surface area contributed by atoms with E-state index < -0.39 is 12.1 Å². The number of carbonyl (C=O) groups excluding carboxylic acids is 1. The van der Waals surface area contributed by atoms with Gasteiger partial charge < -0.3 is 15.1 Å². The third-order valence-electron chi connectivity index (χ3n) is 3.51. The number of carbonyl (C=O) groups is 1. The molecule has 1 aliphatic rings. The average Bonchev–Trinajstić information content (AvgIpc) is 3.06. The largest absolute Gasteiger partial charge is 0.468 e. The minimum atomic E-state index is -4.63. The van der Waals surface area contributed by atoms with Gasteiger partial charge in [-0.2, -0.15) is 13.2 Å². The van der Waals surface area contributed by atoms with Crippen LogP contribution in [0.1, 0.15) is 25.2 Å². The number of anilines is 1. The zero-order valence-electron chi connectivity index (χ0n) is 11.5. The number of alkyl halides is 3. The summed E-state index contributed by atoms with van der Waals surface area (Å²) in [5.74, 6) is -1.47. The van der Waals surface area contributed by atoms with Gasteiger partial charge in [0.15, 0.2) is 5.58 Å². The molecule has 0 radical (unpaired) electrons. The molecule has 0 bridgehead atoms. The second kappa shape index (κ2) is 5.60. The maximum absolute atomic E-state index is 12.5. The molecule has 1 aromatic heterocycles. The van der Waals surface area contributed by atoms with Crippen molar-refractivity contribution in [2.75, 3.05) is 11.9 Å². The minimum absolute atomic E-state index is 0.0304. The summed E-state index contributed by atoms with van der Waals surface area (Å²) in [5, 5.41) is 5.88. The number of fused-ring (bicyclic) bond motifs is 1. The highest BCUT2D eigenvalue weighted by molar-refractivity contribution is 5.93. The van der Waals surface area contributed by atoms with Crippen molar-refractivity contribution >= 4 is 22.7 Å². The molecule has 1 fully saturated rings. The van der Waals surface area contributed by atoms with E-state index in [9.17, 15) is 18.0 Å². The van der Waals surface area contributed by atoms with Gasteiger partial charge >= 0.3 is 12.1 Å². The molecule has 1 aromatic carbocycles. The second-order valence-electron chi connectivity index (χ2n) is 5.24. The lowest BCUT2D eigenvalue weighted by Gasteiger charge is -2.10. The number of hydrogen-bond donors (Lipinski definition) is 2. The number of amides is 1. The smallest absolute Gasteiger partial charge is 0.433 e. The lowest BCUT2D eigenvalue weighted by atomic mass is 10.1. The van der Waals surface area contributed by atoms with Crippen LogP contribution in [0.2, 0.25) is 0 Å². The zero-order valence-corrected chi connectivity index (χ0v) is 11.5. The van der Waals surface area contributed by atoms with Crippen molar-refractivity contribution in [3.05, 3.63) is 24.1 Å². The standard InChI is InChI=1S/C14H14F3N3O2/c15-14(16,17)13-20-10-6-9(3-4-11(10)22-13)19-12(21)7-8-2-1-5-18-8/h3-4,6,8,18H,1-2,5,7H2,(H,19,21). The molecule has 1 saturated heterocycles. The Kier molecular flexibility index (Phi) is 3.78. The van der Waals surface area contributed by atoms with E-state index in [2.05, 4.69) is 20.0 Å². The molecule has 1 amide bonds. The van der Waals surface area contributed by atoms with Crippen LogP contribution in [-0.4, -0.2) is 23.5 Å². The Labute approximate surface area is 123 Å². The number of rotatable bonds is 3. The van der Waals surface area contributed by atoms with Crippen LogP contribution in [0, 0.1) is 0 Å². The molecular weight excluding hydrogens is 299 g/mol. The molecule has 8 heteroatoms. The summed E-state index contributed by atoms with van der Waals surface area (Å²) < 4.78 is 42.2. The summed E-state index contributed by atoms with van der Waals surface area (Å²) in [6.45, 7) is 0.906. The molecule has 0 spiro atoms. The molecule has 1 atom stereocenters. The van der Waals surface area contributed by atoms with E-state index in [1.807, 2.05) is 0 Å². The van der Waals surface area contributed by atoms with Crippen LogP contribution in [0.4, 0.5) is 18.9 Å². The number of halogens is 3. The van der Waals surface area contributed by atoms with Gasteiger partial charge in [-0.1, -0.05) is 0 Å². The summed E-state index contributed by atoms with van der Waals surface area (Å²) in [6.07, 6.45) is -2.30. The molecule has 0 saturated carbocycles. The summed E-state index contributed by atoms with van der Waals surface area (Å²) in [5.41, 5.74) is 0.490. The number of hydrogen-bond acceptors (Lipinski definition) is 4. The van der Waals surface area contributed by atoms with Crippen molar-refractivity contribution < 1.29 is 22.4 Å². The number of oxazole rings is 1. The molecule has 22 heavy (non-hydrogen) atoms. The fraction of sp³-hybridized carbons (Fsp3) is 0.429. The number of nitrogens with zero attached hydrogens (tertiary/aromatic N) is 1. The molecular formula is C14H14F3N3O2. The Morgan fingerprint density at radius 3 is 2.95 bits per heavy atom. The summed E-state index contributed by atoms with van der Waals surface area (Å²) >= 11 is 0. The Morgan fingerprint density at radius 1 is 1.45 bits per heavy atom. The number of benzene rings is 1. The first kappa shape index (κ1) is 14.8. The van der Waals surface area contributed by atoms with Gasteiger partial charge in [0.05, 0.1) is 0 Å². The molecule has 2 aromatic rings. The molecule has 2 N–H and O–H groups in total. The first-order valence-corrected chi connectivity index (χ1v) is 6.93. The van der Waals surface area contributed by atoms with Crippen LogP contribution in [0.25, 0.3) is 11.1 Å². The van der Waals surface area contributed by atoms with E-state index in [0.29, 0.717) is 12.1 Å². The van der Waals surface area contributed by atoms with E-state index in [4.69, 9.17) is 0 Å². The van der Waals surface area contributed by atoms with Crippen molar-refractivity contribution in [1.82, 2.24) is 10.3 Å². The predicted molar refractivity (Wildman–Crippen MR) is 73.3 cm³/mol. The van der Waals surface area contributed by atoms with E-state index >= 15 is 0 Å². The third-order valence-corrected chi connectivity index (χ3v) is 3.51. The van der Waals surface area contributed by atoms with Gasteiger partial charge in [-0.25, -0.2) is 4.98 Å². The van der Waals surface area contributed by atoms with Crippen LogP contribution in [0.3, 0.4) is 0 Å². The SMILES string of the molecule is O=C(CC1CCCN1)Nc1ccc2oc(C(F)(F)F)nc2c1. The van der Waals surface area contributed by atoms with Gasteiger partial charge in [0, 0.05) is 18.2 Å². The highest BCUT2D eigenvalue weighted by Crippen LogP contribution is 2.31. The van der Waals surface area contributed by atoms with Crippen LogP contribution >= 0.6 is 0 Å². The summed E-state index contributed by atoms with van der Waals surface area (Å²) in [6, 6.07) is 4.38. The number of aromatic nitrogens is 1. The second-order valence-corrected chi connectivity index (χ2v) is 5.24. The normalized spacial score (nSPS) is 18.8. The highest BCUT2D eigenvalue weighted by atomic mass is 19.4. The van der Waals surface area contributed by atoms with Crippen LogP contribution < -0.4 is 10.6 Å². The number of nitrogens with one attached hydrogen (secondary N) is 2. The Hall–Kier alpha value is -2.09. The van der Waals surface area contributed by atoms with Crippen molar-refractivity contribution in [3.63, 3.8) is 0 Å². The van der Waals surface area contributed by atoms with Crippen molar-refractivity contribution in [2.45, 2.75) is 31.5 Å². The van der Waals surface area contributed by atoms with E-state index in [1.54, 1.807) is 0 Å². The zero-order chi connectivity index (χ0) is 15.7. The van der Waals surface area contributed by atoms with E-state index in [1.165, 1.54) is 18.2 Å². The first-order chi connectivity index (χ1) is 10.4. The maximum Gasteiger partial charge on any atom is 0.468 e. The quantitative estimate of drug-likeness (QED) is 0.914.